The fourth-order valence-corrected chi connectivity index (χ4v) is 3.86. The van der Waals surface area contributed by atoms with Crippen molar-refractivity contribution in [3.63, 3.8) is 0 Å². The number of urea groups is 1. The lowest BCUT2D eigenvalue weighted by Crippen LogP contribution is -2.50. The molecule has 0 bridgehead atoms. The number of aromatic nitrogens is 1. The van der Waals surface area contributed by atoms with Gasteiger partial charge in [0.15, 0.2) is 0 Å². The minimum absolute atomic E-state index is 0.244. The molecule has 7 heteroatoms. The lowest BCUT2D eigenvalue weighted by Gasteiger charge is -2.35. The Morgan fingerprint density at radius 2 is 1.35 bits per heavy atom. The van der Waals surface area contributed by atoms with Crippen molar-refractivity contribution in [2.24, 2.45) is 0 Å². The lowest BCUT2D eigenvalue weighted by molar-refractivity contribution is -0.137. The van der Waals surface area contributed by atoms with Gasteiger partial charge >= 0.3 is 12.2 Å². The van der Waals surface area contributed by atoms with Gasteiger partial charge in [0.1, 0.15) is 5.54 Å². The van der Waals surface area contributed by atoms with Gasteiger partial charge in [-0.25, -0.2) is 4.79 Å². The summed E-state index contributed by atoms with van der Waals surface area (Å²) in [5.74, 6) is 0. The Kier molecular flexibility index (Phi) is 6.63. The second-order valence-corrected chi connectivity index (χ2v) is 7.80. The molecule has 0 aliphatic heterocycles. The SMILES string of the molecule is O=C(Nc1ccc(C(F)(F)F)cc1)NC(Cc1ccccc1)(c1ccccc1)c1ccccn1. The highest BCUT2D eigenvalue weighted by Gasteiger charge is 2.38. The molecule has 1 unspecified atom stereocenters. The van der Waals surface area contributed by atoms with E-state index in [1.54, 1.807) is 12.3 Å². The number of carbonyl (C=O) groups is 1. The highest BCUT2D eigenvalue weighted by Crippen LogP contribution is 2.33. The van der Waals surface area contributed by atoms with Crippen LogP contribution in [0.15, 0.2) is 109 Å². The minimum atomic E-state index is -4.45. The molecule has 1 aromatic heterocycles. The standard InChI is InChI=1S/C27H22F3N3O/c28-27(29,30)22-14-16-23(17-15-22)32-25(34)33-26(21-11-5-2-6-12-21,24-13-7-8-18-31-24)19-20-9-3-1-4-10-20/h1-18H,19H2,(H2,32,33,34). The van der Waals surface area contributed by atoms with Crippen molar-refractivity contribution in [3.05, 3.63) is 132 Å². The van der Waals surface area contributed by atoms with Crippen LogP contribution >= 0.6 is 0 Å². The Morgan fingerprint density at radius 1 is 0.735 bits per heavy atom. The summed E-state index contributed by atoms with van der Waals surface area (Å²) in [5, 5.41) is 5.73. The van der Waals surface area contributed by atoms with Gasteiger partial charge in [0.2, 0.25) is 0 Å². The predicted octanol–water partition coefficient (Wildman–Crippen LogP) is 6.41. The van der Waals surface area contributed by atoms with E-state index in [0.717, 1.165) is 23.3 Å². The monoisotopic (exact) mass is 461 g/mol. The molecule has 3 aromatic carbocycles. The molecule has 0 radical (unpaired) electrons. The number of amides is 2. The van der Waals surface area contributed by atoms with Gasteiger partial charge in [-0.3, -0.25) is 4.98 Å². The third kappa shape index (κ3) is 5.26. The minimum Gasteiger partial charge on any atom is -0.322 e. The zero-order valence-corrected chi connectivity index (χ0v) is 18.1. The molecule has 0 saturated carbocycles. The van der Waals surface area contributed by atoms with Crippen LogP contribution in [-0.2, 0) is 18.1 Å². The van der Waals surface area contributed by atoms with Gasteiger partial charge < -0.3 is 10.6 Å². The maximum atomic E-state index is 13.2. The number of hydrogen-bond acceptors (Lipinski definition) is 2. The first-order valence-electron chi connectivity index (χ1n) is 10.6. The van der Waals surface area contributed by atoms with E-state index in [2.05, 4.69) is 15.6 Å². The first kappa shape index (κ1) is 23.0. The van der Waals surface area contributed by atoms with Gasteiger partial charge in [-0.2, -0.15) is 13.2 Å². The molecule has 1 heterocycles. The zero-order valence-electron chi connectivity index (χ0n) is 18.1. The molecule has 2 amide bonds. The van der Waals surface area contributed by atoms with E-state index in [1.807, 2.05) is 72.8 Å². The van der Waals surface area contributed by atoms with E-state index in [4.69, 9.17) is 0 Å². The summed E-state index contributed by atoms with van der Waals surface area (Å²) in [6.45, 7) is 0. The van der Waals surface area contributed by atoms with Crippen molar-refractivity contribution < 1.29 is 18.0 Å². The van der Waals surface area contributed by atoms with Crippen molar-refractivity contribution in [2.75, 3.05) is 5.32 Å². The highest BCUT2D eigenvalue weighted by atomic mass is 19.4. The van der Waals surface area contributed by atoms with E-state index in [0.29, 0.717) is 12.1 Å². The number of nitrogens with zero attached hydrogens (tertiary/aromatic N) is 1. The van der Waals surface area contributed by atoms with Crippen LogP contribution in [-0.4, -0.2) is 11.0 Å². The van der Waals surface area contributed by atoms with Crippen LogP contribution in [0.3, 0.4) is 0 Å². The average Bonchev–Trinajstić information content (AvgIpc) is 2.85. The summed E-state index contributed by atoms with van der Waals surface area (Å²) in [5.41, 5.74) is 0.863. The Labute approximate surface area is 195 Å². The van der Waals surface area contributed by atoms with Crippen LogP contribution in [0.1, 0.15) is 22.4 Å². The maximum absolute atomic E-state index is 13.2. The van der Waals surface area contributed by atoms with Crippen LogP contribution < -0.4 is 10.6 Å². The molecule has 1 atom stereocenters. The van der Waals surface area contributed by atoms with E-state index in [9.17, 15) is 18.0 Å². The van der Waals surface area contributed by atoms with Gasteiger partial charge in [0.05, 0.1) is 11.3 Å². The number of pyridine rings is 1. The molecule has 0 saturated heterocycles. The molecule has 4 rings (SSSR count). The normalized spacial score (nSPS) is 13.0. The molecule has 0 spiro atoms. The molecule has 2 N–H and O–H groups in total. The zero-order chi connectivity index (χ0) is 24.0. The summed E-state index contributed by atoms with van der Waals surface area (Å²) in [6.07, 6.45) is -2.37. The summed E-state index contributed by atoms with van der Waals surface area (Å²) in [4.78, 5) is 17.7. The molecule has 0 aliphatic rings. The molecule has 0 fully saturated rings. The molecular weight excluding hydrogens is 439 g/mol. The third-order valence-electron chi connectivity index (χ3n) is 5.48. The van der Waals surface area contributed by atoms with Gasteiger partial charge in [-0.05, 0) is 47.5 Å². The first-order valence-corrected chi connectivity index (χ1v) is 10.6. The van der Waals surface area contributed by atoms with Crippen molar-refractivity contribution in [3.8, 4) is 0 Å². The summed E-state index contributed by atoms with van der Waals surface area (Å²) in [6, 6.07) is 28.4. The van der Waals surface area contributed by atoms with Crippen LogP contribution in [0.2, 0.25) is 0 Å². The number of benzene rings is 3. The third-order valence-corrected chi connectivity index (χ3v) is 5.48. The molecule has 172 valence electrons. The van der Waals surface area contributed by atoms with E-state index in [1.165, 1.54) is 12.1 Å². The number of rotatable bonds is 6. The second kappa shape index (κ2) is 9.79. The van der Waals surface area contributed by atoms with Crippen molar-refractivity contribution in [2.45, 2.75) is 18.1 Å². The smallest absolute Gasteiger partial charge is 0.322 e. The first-order chi connectivity index (χ1) is 16.4. The van der Waals surface area contributed by atoms with Gasteiger partial charge in [0, 0.05) is 18.3 Å². The van der Waals surface area contributed by atoms with Crippen LogP contribution in [0.4, 0.5) is 23.7 Å². The lowest BCUT2D eigenvalue weighted by atomic mass is 9.80. The van der Waals surface area contributed by atoms with Crippen LogP contribution in [0.25, 0.3) is 0 Å². The number of halogens is 3. The molecule has 0 aliphatic carbocycles. The van der Waals surface area contributed by atoms with Crippen LogP contribution in [0.5, 0.6) is 0 Å². The largest absolute Gasteiger partial charge is 0.416 e. The number of hydrogen-bond donors (Lipinski definition) is 2. The van der Waals surface area contributed by atoms with E-state index >= 15 is 0 Å². The number of nitrogens with one attached hydrogen (secondary N) is 2. The number of anilines is 1. The van der Waals surface area contributed by atoms with Gasteiger partial charge in [0.25, 0.3) is 0 Å². The van der Waals surface area contributed by atoms with E-state index in [-0.39, 0.29) is 5.69 Å². The number of carbonyl (C=O) groups excluding carboxylic acids is 1. The molecule has 34 heavy (non-hydrogen) atoms. The second-order valence-electron chi connectivity index (χ2n) is 7.80. The van der Waals surface area contributed by atoms with Gasteiger partial charge in [-0.1, -0.05) is 66.7 Å². The Hall–Kier alpha value is -4.13. The summed E-state index contributed by atoms with van der Waals surface area (Å²) >= 11 is 0. The molecule has 4 nitrogen and oxygen atoms in total. The predicted molar refractivity (Wildman–Crippen MR) is 125 cm³/mol. The fourth-order valence-electron chi connectivity index (χ4n) is 3.86. The summed E-state index contributed by atoms with van der Waals surface area (Å²) < 4.78 is 38.6. The van der Waals surface area contributed by atoms with Crippen molar-refractivity contribution >= 4 is 11.7 Å². The molecular formula is C27H22F3N3O. The van der Waals surface area contributed by atoms with Gasteiger partial charge in [-0.15, -0.1) is 0 Å². The average molecular weight is 461 g/mol. The maximum Gasteiger partial charge on any atom is 0.416 e. The van der Waals surface area contributed by atoms with Crippen molar-refractivity contribution in [1.82, 2.24) is 10.3 Å². The Bertz CT molecular complexity index is 1170. The fraction of sp³-hybridized carbons (Fsp3) is 0.111. The Morgan fingerprint density at radius 3 is 1.94 bits per heavy atom. The molecule has 4 aromatic rings. The van der Waals surface area contributed by atoms with Crippen LogP contribution in [0, 0.1) is 0 Å². The Balaban J connectivity index is 1.71. The summed E-state index contributed by atoms with van der Waals surface area (Å²) in [7, 11) is 0. The topological polar surface area (TPSA) is 54.0 Å². The highest BCUT2D eigenvalue weighted by molar-refractivity contribution is 5.90. The number of alkyl halides is 3. The van der Waals surface area contributed by atoms with E-state index < -0.39 is 23.3 Å². The van der Waals surface area contributed by atoms with Crippen molar-refractivity contribution in [1.29, 1.82) is 0 Å². The quantitative estimate of drug-likeness (QED) is 0.349.